The molecule has 1 aliphatic rings. The number of hydrogen-bond acceptors (Lipinski definition) is 7. The Balaban J connectivity index is 1.70. The number of benzene rings is 1. The topological polar surface area (TPSA) is 119 Å². The van der Waals surface area contributed by atoms with Gasteiger partial charge in [0.15, 0.2) is 23.1 Å². The zero-order chi connectivity index (χ0) is 25.1. The Kier molecular flexibility index (Phi) is 7.06. The van der Waals surface area contributed by atoms with Gasteiger partial charge in [-0.3, -0.25) is 9.78 Å². The zero-order valence-corrected chi connectivity index (χ0v) is 19.0. The molecule has 1 fully saturated rings. The number of aromatic nitrogens is 2. The van der Waals surface area contributed by atoms with Gasteiger partial charge < -0.3 is 26.4 Å². The van der Waals surface area contributed by atoms with Crippen LogP contribution in [0.15, 0.2) is 36.7 Å². The standard InChI is InChI=1S/C24H25F3N6O2/c1-2-35-19-6-5-14(25)20(21(19)27)22-15(26)10-16(29)23(32-22)24(34)31-17-11-30-8-7-18(17)33-9-3-4-13(28)12-33/h5-8,10-11,13H,2-4,9,12,28-29H2,1H3,(H,31,34)/t13-/m0/s1. The van der Waals surface area contributed by atoms with Crippen molar-refractivity contribution in [2.24, 2.45) is 5.73 Å². The first-order valence-corrected chi connectivity index (χ1v) is 11.1. The maximum atomic E-state index is 14.9. The Bertz CT molecular complexity index is 1260. The van der Waals surface area contributed by atoms with Crippen LogP contribution in [0.5, 0.6) is 5.75 Å². The average Bonchev–Trinajstić information content (AvgIpc) is 2.82. The van der Waals surface area contributed by atoms with E-state index in [0.717, 1.165) is 37.6 Å². The van der Waals surface area contributed by atoms with E-state index in [1.807, 2.05) is 4.90 Å². The van der Waals surface area contributed by atoms with Gasteiger partial charge in [-0.05, 0) is 38.0 Å². The van der Waals surface area contributed by atoms with Crippen LogP contribution in [0.3, 0.4) is 0 Å². The molecule has 1 saturated heterocycles. The van der Waals surface area contributed by atoms with Crippen molar-refractivity contribution < 1.29 is 22.7 Å². The third-order valence-corrected chi connectivity index (χ3v) is 5.66. The van der Waals surface area contributed by atoms with Gasteiger partial charge in [-0.15, -0.1) is 0 Å². The van der Waals surface area contributed by atoms with E-state index in [1.165, 1.54) is 6.20 Å². The summed E-state index contributed by atoms with van der Waals surface area (Å²) in [6, 6.07) is 4.57. The maximum Gasteiger partial charge on any atom is 0.276 e. The quantitative estimate of drug-likeness (QED) is 0.486. The third kappa shape index (κ3) is 4.99. The smallest absolute Gasteiger partial charge is 0.276 e. The molecule has 0 saturated carbocycles. The maximum absolute atomic E-state index is 14.9. The number of carbonyl (C=O) groups excluding carboxylic acids is 1. The molecule has 1 atom stereocenters. The molecule has 0 spiro atoms. The molecule has 5 N–H and O–H groups in total. The van der Waals surface area contributed by atoms with E-state index in [4.69, 9.17) is 16.2 Å². The Morgan fingerprint density at radius 3 is 2.80 bits per heavy atom. The highest BCUT2D eigenvalue weighted by Crippen LogP contribution is 2.34. The number of rotatable bonds is 6. The lowest BCUT2D eigenvalue weighted by molar-refractivity contribution is 0.102. The van der Waals surface area contributed by atoms with Crippen LogP contribution < -0.4 is 26.4 Å². The molecular formula is C24H25F3N6O2. The Labute approximate surface area is 200 Å². The van der Waals surface area contributed by atoms with Crippen molar-refractivity contribution in [3.8, 4) is 17.0 Å². The molecule has 8 nitrogen and oxygen atoms in total. The van der Waals surface area contributed by atoms with E-state index < -0.39 is 40.3 Å². The molecule has 4 rings (SSSR count). The fourth-order valence-electron chi connectivity index (χ4n) is 4.05. The fraction of sp³-hybridized carbons (Fsp3) is 0.292. The van der Waals surface area contributed by atoms with Crippen LogP contribution in [0, 0.1) is 17.5 Å². The van der Waals surface area contributed by atoms with Crippen LogP contribution in [-0.2, 0) is 0 Å². The van der Waals surface area contributed by atoms with Gasteiger partial charge in [0.25, 0.3) is 5.91 Å². The van der Waals surface area contributed by atoms with Crippen LogP contribution in [0.25, 0.3) is 11.3 Å². The number of ether oxygens (including phenoxy) is 1. The van der Waals surface area contributed by atoms with Crippen molar-refractivity contribution in [1.82, 2.24) is 9.97 Å². The lowest BCUT2D eigenvalue weighted by atomic mass is 10.1. The summed E-state index contributed by atoms with van der Waals surface area (Å²) >= 11 is 0. The number of pyridine rings is 2. The molecule has 2 aromatic heterocycles. The van der Waals surface area contributed by atoms with Gasteiger partial charge in [-0.2, -0.15) is 0 Å². The third-order valence-electron chi connectivity index (χ3n) is 5.66. The number of piperidine rings is 1. The van der Waals surface area contributed by atoms with Crippen LogP contribution >= 0.6 is 0 Å². The van der Waals surface area contributed by atoms with Crippen molar-refractivity contribution in [2.45, 2.75) is 25.8 Å². The summed E-state index contributed by atoms with van der Waals surface area (Å²) in [5, 5.41) is 2.68. The number of nitrogens with one attached hydrogen (secondary N) is 1. The monoisotopic (exact) mass is 486 g/mol. The molecule has 1 amide bonds. The summed E-state index contributed by atoms with van der Waals surface area (Å²) < 4.78 is 49.4. The molecule has 0 aliphatic carbocycles. The lowest BCUT2D eigenvalue weighted by Crippen LogP contribution is -2.43. The molecule has 3 heterocycles. The number of anilines is 3. The van der Waals surface area contributed by atoms with Crippen LogP contribution in [0.1, 0.15) is 30.3 Å². The van der Waals surface area contributed by atoms with Crippen molar-refractivity contribution in [2.75, 3.05) is 35.6 Å². The van der Waals surface area contributed by atoms with Crippen LogP contribution in [0.2, 0.25) is 0 Å². The molecule has 184 valence electrons. The van der Waals surface area contributed by atoms with Crippen molar-refractivity contribution in [1.29, 1.82) is 0 Å². The van der Waals surface area contributed by atoms with Crippen LogP contribution in [-0.4, -0.2) is 41.6 Å². The normalized spacial score (nSPS) is 15.7. The first kappa shape index (κ1) is 24.3. The molecule has 35 heavy (non-hydrogen) atoms. The molecule has 3 aromatic rings. The average molecular weight is 486 g/mol. The van der Waals surface area contributed by atoms with E-state index in [-0.39, 0.29) is 24.1 Å². The summed E-state index contributed by atoms with van der Waals surface area (Å²) in [6.07, 6.45) is 4.84. The van der Waals surface area contributed by atoms with Gasteiger partial charge in [-0.1, -0.05) is 0 Å². The van der Waals surface area contributed by atoms with E-state index in [1.54, 1.807) is 19.2 Å². The Morgan fingerprint density at radius 1 is 1.26 bits per heavy atom. The number of nitrogens with two attached hydrogens (primary N) is 2. The second-order valence-electron chi connectivity index (χ2n) is 8.12. The lowest BCUT2D eigenvalue weighted by Gasteiger charge is -2.33. The number of hydrogen-bond donors (Lipinski definition) is 3. The van der Waals surface area contributed by atoms with E-state index in [0.29, 0.717) is 17.9 Å². The molecule has 1 aromatic carbocycles. The van der Waals surface area contributed by atoms with Gasteiger partial charge in [0.2, 0.25) is 0 Å². The van der Waals surface area contributed by atoms with E-state index in [9.17, 15) is 18.0 Å². The summed E-state index contributed by atoms with van der Waals surface area (Å²) in [6.45, 7) is 3.08. The highest BCUT2D eigenvalue weighted by Gasteiger charge is 2.25. The minimum atomic E-state index is -1.13. The predicted molar refractivity (Wildman–Crippen MR) is 127 cm³/mol. The van der Waals surface area contributed by atoms with Gasteiger partial charge >= 0.3 is 0 Å². The summed E-state index contributed by atoms with van der Waals surface area (Å²) in [7, 11) is 0. The number of halogens is 3. The molecule has 1 aliphatic heterocycles. The zero-order valence-electron chi connectivity index (χ0n) is 19.0. The molecule has 0 bridgehead atoms. The first-order chi connectivity index (χ1) is 16.8. The van der Waals surface area contributed by atoms with Gasteiger partial charge in [-0.25, -0.2) is 18.2 Å². The highest BCUT2D eigenvalue weighted by molar-refractivity contribution is 6.08. The SMILES string of the molecule is CCOc1ccc(F)c(-c2nc(C(=O)Nc3cnccc3N3CCC[C@H](N)C3)c(N)cc2F)c1F. The van der Waals surface area contributed by atoms with Gasteiger partial charge in [0.1, 0.15) is 11.5 Å². The fourth-order valence-corrected chi connectivity index (χ4v) is 4.05. The van der Waals surface area contributed by atoms with Crippen molar-refractivity contribution >= 4 is 23.0 Å². The number of carbonyl (C=O) groups is 1. The minimum absolute atomic E-state index is 0.00493. The minimum Gasteiger partial charge on any atom is -0.491 e. The van der Waals surface area contributed by atoms with Gasteiger partial charge in [0, 0.05) is 31.4 Å². The molecule has 0 radical (unpaired) electrons. The molecular weight excluding hydrogens is 461 g/mol. The van der Waals surface area contributed by atoms with E-state index >= 15 is 0 Å². The first-order valence-electron chi connectivity index (χ1n) is 11.1. The molecule has 0 unspecified atom stereocenters. The number of amides is 1. The highest BCUT2D eigenvalue weighted by atomic mass is 19.1. The second-order valence-corrected chi connectivity index (χ2v) is 8.12. The van der Waals surface area contributed by atoms with Gasteiger partial charge in [0.05, 0.1) is 35.4 Å². The summed E-state index contributed by atoms with van der Waals surface area (Å²) in [4.78, 5) is 23.1. The second kappa shape index (κ2) is 10.2. The van der Waals surface area contributed by atoms with Crippen molar-refractivity contribution in [3.63, 3.8) is 0 Å². The summed E-state index contributed by atoms with van der Waals surface area (Å²) in [5.41, 5.74) is 10.9. The predicted octanol–water partition coefficient (Wildman–Crippen LogP) is 3.72. The molecule has 11 heteroatoms. The number of nitrogen functional groups attached to an aromatic ring is 1. The van der Waals surface area contributed by atoms with Crippen molar-refractivity contribution in [3.05, 3.63) is 59.8 Å². The largest absolute Gasteiger partial charge is 0.491 e. The summed E-state index contributed by atoms with van der Waals surface area (Å²) in [5.74, 6) is -4.35. The van der Waals surface area contributed by atoms with Crippen LogP contribution in [0.4, 0.5) is 30.2 Å². The Morgan fingerprint density at radius 2 is 2.06 bits per heavy atom. The number of nitrogens with zero attached hydrogens (tertiary/aromatic N) is 3. The Hall–Kier alpha value is -3.86. The van der Waals surface area contributed by atoms with E-state index in [2.05, 4.69) is 15.3 Å².